The molecule has 1 amide bonds. The molecule has 32 heavy (non-hydrogen) atoms. The zero-order valence-electron chi connectivity index (χ0n) is 18.0. The standard InChI is InChI=1S/C22H26N2O7S/c1-15(2)13-19(22(27)30-3)23-20(25)14-31-21(26)16-9-11-18(12-10-16)32(28,29)24-17-7-5-4-6-8-17/h4-12,15,19,24H,13-14H2,1-3H3,(H,23,25). The third-order valence-electron chi connectivity index (χ3n) is 4.29. The molecule has 0 aliphatic carbocycles. The van der Waals surface area contributed by atoms with E-state index in [0.717, 1.165) is 0 Å². The van der Waals surface area contributed by atoms with Gasteiger partial charge in [-0.2, -0.15) is 0 Å². The molecular weight excluding hydrogens is 436 g/mol. The number of hydrogen-bond acceptors (Lipinski definition) is 7. The molecule has 10 heteroatoms. The van der Waals surface area contributed by atoms with Gasteiger partial charge in [-0.15, -0.1) is 0 Å². The van der Waals surface area contributed by atoms with Crippen molar-refractivity contribution in [3.8, 4) is 0 Å². The van der Waals surface area contributed by atoms with Crippen LogP contribution in [0.2, 0.25) is 0 Å². The van der Waals surface area contributed by atoms with E-state index >= 15 is 0 Å². The first-order chi connectivity index (χ1) is 15.1. The number of ether oxygens (including phenoxy) is 2. The smallest absolute Gasteiger partial charge is 0.338 e. The maximum Gasteiger partial charge on any atom is 0.338 e. The highest BCUT2D eigenvalue weighted by Gasteiger charge is 2.23. The predicted octanol–water partition coefficient (Wildman–Crippen LogP) is 2.35. The van der Waals surface area contributed by atoms with Gasteiger partial charge >= 0.3 is 11.9 Å². The second-order valence-electron chi connectivity index (χ2n) is 7.34. The van der Waals surface area contributed by atoms with E-state index in [1.165, 1.54) is 31.4 Å². The Morgan fingerprint density at radius 1 is 0.969 bits per heavy atom. The minimum Gasteiger partial charge on any atom is -0.467 e. The van der Waals surface area contributed by atoms with Crippen molar-refractivity contribution in [3.63, 3.8) is 0 Å². The Labute approximate surface area is 187 Å². The minimum atomic E-state index is -3.83. The van der Waals surface area contributed by atoms with Crippen molar-refractivity contribution in [2.24, 2.45) is 5.92 Å². The van der Waals surface area contributed by atoms with E-state index in [4.69, 9.17) is 4.74 Å². The lowest BCUT2D eigenvalue weighted by molar-refractivity contribution is -0.145. The Bertz CT molecular complexity index is 1040. The van der Waals surface area contributed by atoms with Crippen LogP contribution < -0.4 is 10.0 Å². The fourth-order valence-electron chi connectivity index (χ4n) is 2.77. The first kappa shape index (κ1) is 24.9. The molecule has 0 bridgehead atoms. The predicted molar refractivity (Wildman–Crippen MR) is 117 cm³/mol. The van der Waals surface area contributed by atoms with Crippen LogP contribution in [-0.4, -0.2) is 46.0 Å². The molecule has 0 saturated heterocycles. The van der Waals surface area contributed by atoms with Crippen LogP contribution in [0.5, 0.6) is 0 Å². The van der Waals surface area contributed by atoms with E-state index < -0.39 is 40.5 Å². The van der Waals surface area contributed by atoms with Gasteiger partial charge in [0.05, 0.1) is 17.6 Å². The number of para-hydroxylation sites is 1. The number of amides is 1. The lowest BCUT2D eigenvalue weighted by Gasteiger charge is -2.18. The third kappa shape index (κ3) is 7.38. The highest BCUT2D eigenvalue weighted by molar-refractivity contribution is 7.92. The highest BCUT2D eigenvalue weighted by Crippen LogP contribution is 2.16. The first-order valence-electron chi connectivity index (χ1n) is 9.84. The molecule has 0 fully saturated rings. The summed E-state index contributed by atoms with van der Waals surface area (Å²) in [5.74, 6) is -1.91. The topological polar surface area (TPSA) is 128 Å². The number of anilines is 1. The van der Waals surface area contributed by atoms with Crippen molar-refractivity contribution in [3.05, 3.63) is 60.2 Å². The summed E-state index contributed by atoms with van der Waals surface area (Å²) in [6.45, 7) is 3.18. The van der Waals surface area contributed by atoms with E-state index in [-0.39, 0.29) is 16.4 Å². The van der Waals surface area contributed by atoms with Crippen LogP contribution >= 0.6 is 0 Å². The average molecular weight is 463 g/mol. The van der Waals surface area contributed by atoms with Gasteiger partial charge in [-0.05, 0) is 48.7 Å². The van der Waals surface area contributed by atoms with Crippen molar-refractivity contribution < 1.29 is 32.3 Å². The van der Waals surface area contributed by atoms with Gasteiger partial charge in [0.15, 0.2) is 6.61 Å². The molecular formula is C22H26N2O7S. The van der Waals surface area contributed by atoms with Crippen LogP contribution in [0.4, 0.5) is 5.69 Å². The molecule has 0 heterocycles. The van der Waals surface area contributed by atoms with Crippen LogP contribution in [0.15, 0.2) is 59.5 Å². The van der Waals surface area contributed by atoms with E-state index in [0.29, 0.717) is 12.1 Å². The number of carbonyl (C=O) groups is 3. The maximum atomic E-state index is 12.4. The molecule has 0 aliphatic rings. The number of nitrogens with one attached hydrogen (secondary N) is 2. The Balaban J connectivity index is 1.95. The van der Waals surface area contributed by atoms with E-state index in [1.54, 1.807) is 30.3 Å². The van der Waals surface area contributed by atoms with Crippen molar-refractivity contribution in [2.45, 2.75) is 31.2 Å². The Morgan fingerprint density at radius 2 is 1.59 bits per heavy atom. The number of benzene rings is 2. The van der Waals surface area contributed by atoms with Gasteiger partial charge < -0.3 is 14.8 Å². The largest absolute Gasteiger partial charge is 0.467 e. The normalized spacial score (nSPS) is 12.0. The molecule has 2 aromatic carbocycles. The molecule has 1 atom stereocenters. The zero-order valence-corrected chi connectivity index (χ0v) is 18.8. The van der Waals surface area contributed by atoms with Crippen LogP contribution in [0, 0.1) is 5.92 Å². The summed E-state index contributed by atoms with van der Waals surface area (Å²) in [4.78, 5) is 36.0. The fraction of sp³-hybridized carbons (Fsp3) is 0.318. The monoisotopic (exact) mass is 462 g/mol. The molecule has 2 aromatic rings. The molecule has 172 valence electrons. The number of methoxy groups -OCH3 is 1. The van der Waals surface area contributed by atoms with Crippen LogP contribution in [-0.2, 0) is 29.1 Å². The lowest BCUT2D eigenvalue weighted by atomic mass is 10.0. The fourth-order valence-corrected chi connectivity index (χ4v) is 3.83. The highest BCUT2D eigenvalue weighted by atomic mass is 32.2. The number of carbonyl (C=O) groups excluding carboxylic acids is 3. The van der Waals surface area contributed by atoms with Gasteiger partial charge in [-0.3, -0.25) is 9.52 Å². The molecule has 9 nitrogen and oxygen atoms in total. The van der Waals surface area contributed by atoms with E-state index in [1.807, 2.05) is 13.8 Å². The molecule has 0 aromatic heterocycles. The van der Waals surface area contributed by atoms with Gasteiger partial charge in [0.25, 0.3) is 15.9 Å². The van der Waals surface area contributed by atoms with Crippen LogP contribution in [0.25, 0.3) is 0 Å². The van der Waals surface area contributed by atoms with Crippen LogP contribution in [0.1, 0.15) is 30.6 Å². The number of rotatable bonds is 10. The van der Waals surface area contributed by atoms with Gasteiger partial charge in [0.1, 0.15) is 6.04 Å². The summed E-state index contributed by atoms with van der Waals surface area (Å²) in [5, 5.41) is 2.48. The van der Waals surface area contributed by atoms with E-state index in [2.05, 4.69) is 14.8 Å². The number of esters is 2. The molecule has 0 aliphatic heterocycles. The second kappa shape index (κ2) is 11.3. The van der Waals surface area contributed by atoms with Gasteiger partial charge in [-0.25, -0.2) is 18.0 Å². The number of sulfonamides is 1. The molecule has 0 radical (unpaired) electrons. The maximum absolute atomic E-state index is 12.4. The summed E-state index contributed by atoms with van der Waals surface area (Å²) in [7, 11) is -2.60. The zero-order chi connectivity index (χ0) is 23.7. The molecule has 2 N–H and O–H groups in total. The molecule has 0 saturated carbocycles. The summed E-state index contributed by atoms with van der Waals surface area (Å²) in [6.07, 6.45) is 0.374. The first-order valence-corrected chi connectivity index (χ1v) is 11.3. The third-order valence-corrected chi connectivity index (χ3v) is 5.69. The minimum absolute atomic E-state index is 0.0368. The molecule has 2 rings (SSSR count). The lowest BCUT2D eigenvalue weighted by Crippen LogP contribution is -2.44. The molecule has 1 unspecified atom stereocenters. The SMILES string of the molecule is COC(=O)C(CC(C)C)NC(=O)COC(=O)c1ccc(S(=O)(=O)Nc2ccccc2)cc1. The van der Waals surface area contributed by atoms with Crippen molar-refractivity contribution in [1.29, 1.82) is 0 Å². The van der Waals surface area contributed by atoms with Crippen molar-refractivity contribution >= 4 is 33.6 Å². The summed E-state index contributed by atoms with van der Waals surface area (Å²) >= 11 is 0. The quantitative estimate of drug-likeness (QED) is 0.519. The van der Waals surface area contributed by atoms with Crippen molar-refractivity contribution in [2.75, 3.05) is 18.4 Å². The second-order valence-corrected chi connectivity index (χ2v) is 9.03. The average Bonchev–Trinajstić information content (AvgIpc) is 2.76. The van der Waals surface area contributed by atoms with Gasteiger partial charge in [0, 0.05) is 5.69 Å². The Morgan fingerprint density at radius 3 is 2.16 bits per heavy atom. The van der Waals surface area contributed by atoms with Crippen molar-refractivity contribution in [1.82, 2.24) is 5.32 Å². The Kier molecular flexibility index (Phi) is 8.77. The summed E-state index contributed by atoms with van der Waals surface area (Å²) in [6, 6.07) is 12.6. The van der Waals surface area contributed by atoms with Crippen LogP contribution in [0.3, 0.4) is 0 Å². The Hall–Kier alpha value is -3.40. The van der Waals surface area contributed by atoms with E-state index in [9.17, 15) is 22.8 Å². The van der Waals surface area contributed by atoms with Gasteiger partial charge in [-0.1, -0.05) is 32.0 Å². The number of hydrogen-bond donors (Lipinski definition) is 2. The summed E-state index contributed by atoms with van der Waals surface area (Å²) in [5.41, 5.74) is 0.480. The molecule has 0 spiro atoms. The summed E-state index contributed by atoms with van der Waals surface area (Å²) < 4.78 is 36.9. The van der Waals surface area contributed by atoms with Gasteiger partial charge in [0.2, 0.25) is 0 Å².